The molecule has 6 heteroatoms. The van der Waals surface area contributed by atoms with Crippen LogP contribution in [0.2, 0.25) is 0 Å². The number of nitrogens with one attached hydrogen (secondary N) is 1. The Kier molecular flexibility index (Phi) is 4.66. The molecule has 1 saturated heterocycles. The molecule has 1 aliphatic rings. The van der Waals surface area contributed by atoms with Gasteiger partial charge in [0.2, 0.25) is 0 Å². The van der Waals surface area contributed by atoms with Crippen molar-refractivity contribution in [1.82, 2.24) is 19.8 Å². The summed E-state index contributed by atoms with van der Waals surface area (Å²) >= 11 is 0. The number of amides is 1. The molecule has 3 aromatic rings. The topological polar surface area (TPSA) is 52.2 Å². The van der Waals surface area contributed by atoms with E-state index in [2.05, 4.69) is 28.7 Å². The van der Waals surface area contributed by atoms with Crippen molar-refractivity contribution in [1.29, 1.82) is 0 Å². The molecule has 140 valence electrons. The molecule has 0 aliphatic carbocycles. The summed E-state index contributed by atoms with van der Waals surface area (Å²) in [5.41, 5.74) is 3.29. The van der Waals surface area contributed by atoms with E-state index in [4.69, 9.17) is 0 Å². The molecule has 1 amide bonds. The number of pyridine rings is 1. The number of carbonyl (C=O) groups excluding carboxylic acids is 1. The number of nitrogens with zero attached hydrogens (tertiary/aromatic N) is 3. The molecule has 27 heavy (non-hydrogen) atoms. The number of rotatable bonds is 3. The number of carbonyl (C=O) groups is 1. The molecular weight excluding hydrogens is 343 g/mol. The van der Waals surface area contributed by atoms with Crippen LogP contribution in [0.5, 0.6) is 0 Å². The van der Waals surface area contributed by atoms with Crippen LogP contribution in [0.4, 0.5) is 4.39 Å². The smallest absolute Gasteiger partial charge is 0.272 e. The Morgan fingerprint density at radius 1 is 1.11 bits per heavy atom. The van der Waals surface area contributed by atoms with Crippen LogP contribution in [-0.4, -0.2) is 50.8 Å². The van der Waals surface area contributed by atoms with Crippen LogP contribution in [0.3, 0.4) is 0 Å². The molecule has 0 bridgehead atoms. The first-order valence-electron chi connectivity index (χ1n) is 9.25. The molecule has 2 aromatic heterocycles. The van der Waals surface area contributed by atoms with E-state index < -0.39 is 0 Å². The third-order valence-electron chi connectivity index (χ3n) is 5.30. The molecule has 5 nitrogen and oxygen atoms in total. The highest BCUT2D eigenvalue weighted by Gasteiger charge is 2.32. The van der Waals surface area contributed by atoms with Crippen molar-refractivity contribution in [2.24, 2.45) is 0 Å². The van der Waals surface area contributed by atoms with E-state index in [0.29, 0.717) is 12.2 Å². The highest BCUT2D eigenvalue weighted by atomic mass is 19.1. The second kappa shape index (κ2) is 7.12. The van der Waals surface area contributed by atoms with Crippen molar-refractivity contribution in [3.63, 3.8) is 0 Å². The van der Waals surface area contributed by atoms with Gasteiger partial charge in [-0.2, -0.15) is 0 Å². The first kappa shape index (κ1) is 17.7. The molecule has 0 radical (unpaired) electrons. The van der Waals surface area contributed by atoms with Gasteiger partial charge in [0, 0.05) is 37.9 Å². The standard InChI is InChI=1S/C21H23FN4O/c1-14-12-26(21(27)20-8-7-18-19(24-20)9-10-23-18)15(2)11-25(14)13-16-3-5-17(22)6-4-16/h3-10,14-15,23H,11-13H2,1-2H3/t14-,15+/m0/s1. The minimum Gasteiger partial charge on any atom is -0.360 e. The number of hydrogen-bond donors (Lipinski definition) is 1. The Morgan fingerprint density at radius 3 is 2.67 bits per heavy atom. The van der Waals surface area contributed by atoms with Gasteiger partial charge >= 0.3 is 0 Å². The molecule has 1 fully saturated rings. The lowest BCUT2D eigenvalue weighted by molar-refractivity contribution is 0.0286. The molecule has 0 unspecified atom stereocenters. The summed E-state index contributed by atoms with van der Waals surface area (Å²) in [5, 5.41) is 0. The van der Waals surface area contributed by atoms with Crippen molar-refractivity contribution in [2.45, 2.75) is 32.5 Å². The number of aromatic nitrogens is 2. The Labute approximate surface area is 157 Å². The van der Waals surface area contributed by atoms with E-state index >= 15 is 0 Å². The first-order valence-corrected chi connectivity index (χ1v) is 9.25. The summed E-state index contributed by atoms with van der Waals surface area (Å²) in [4.78, 5) is 24.9. The van der Waals surface area contributed by atoms with Crippen LogP contribution >= 0.6 is 0 Å². The van der Waals surface area contributed by atoms with Crippen molar-refractivity contribution in [2.75, 3.05) is 13.1 Å². The van der Waals surface area contributed by atoms with E-state index in [9.17, 15) is 9.18 Å². The molecule has 0 saturated carbocycles. The lowest BCUT2D eigenvalue weighted by Gasteiger charge is -2.44. The summed E-state index contributed by atoms with van der Waals surface area (Å²) in [7, 11) is 0. The zero-order valence-corrected chi connectivity index (χ0v) is 15.5. The number of hydrogen-bond acceptors (Lipinski definition) is 3. The third-order valence-corrected chi connectivity index (χ3v) is 5.30. The van der Waals surface area contributed by atoms with Crippen molar-refractivity contribution >= 4 is 16.9 Å². The number of H-pyrrole nitrogens is 1. The quantitative estimate of drug-likeness (QED) is 0.773. The zero-order valence-electron chi connectivity index (χ0n) is 15.5. The highest BCUT2D eigenvalue weighted by Crippen LogP contribution is 2.21. The normalized spacial score (nSPS) is 20.9. The fourth-order valence-electron chi connectivity index (χ4n) is 3.73. The van der Waals surface area contributed by atoms with Crippen LogP contribution in [0.15, 0.2) is 48.7 Å². The lowest BCUT2D eigenvalue weighted by Crippen LogP contribution is -2.57. The van der Waals surface area contributed by atoms with Crippen LogP contribution in [-0.2, 0) is 6.54 Å². The van der Waals surface area contributed by atoms with Gasteiger partial charge in [0.05, 0.1) is 11.0 Å². The molecule has 3 heterocycles. The molecule has 1 aliphatic heterocycles. The lowest BCUT2D eigenvalue weighted by atomic mass is 10.1. The van der Waals surface area contributed by atoms with Crippen LogP contribution < -0.4 is 0 Å². The van der Waals surface area contributed by atoms with Gasteiger partial charge in [-0.05, 0) is 49.7 Å². The molecule has 4 rings (SSSR count). The predicted octanol–water partition coefficient (Wildman–Crippen LogP) is 3.44. The van der Waals surface area contributed by atoms with Gasteiger partial charge in [0.1, 0.15) is 11.5 Å². The number of piperazine rings is 1. The third kappa shape index (κ3) is 3.57. The minimum absolute atomic E-state index is 0.0288. The SMILES string of the molecule is C[C@@H]1CN(Cc2ccc(F)cc2)[C@@H](C)CN1C(=O)c1ccc2[nH]ccc2n1. The Balaban J connectivity index is 1.47. The Bertz CT molecular complexity index is 952. The van der Waals surface area contributed by atoms with E-state index in [0.717, 1.165) is 29.7 Å². The molecular formula is C21H23FN4O. The zero-order chi connectivity index (χ0) is 19.0. The number of halogens is 1. The van der Waals surface area contributed by atoms with E-state index in [1.54, 1.807) is 6.07 Å². The summed E-state index contributed by atoms with van der Waals surface area (Å²) in [6, 6.07) is 12.5. The van der Waals surface area contributed by atoms with Crippen LogP contribution in [0, 0.1) is 5.82 Å². The first-order chi connectivity index (χ1) is 13.0. The summed E-state index contributed by atoms with van der Waals surface area (Å²) in [5.74, 6) is -0.249. The summed E-state index contributed by atoms with van der Waals surface area (Å²) in [6.45, 7) is 6.36. The van der Waals surface area contributed by atoms with Crippen LogP contribution in [0.1, 0.15) is 29.9 Å². The molecule has 0 spiro atoms. The molecule has 2 atom stereocenters. The second-order valence-corrected chi connectivity index (χ2v) is 7.32. The average molecular weight is 366 g/mol. The second-order valence-electron chi connectivity index (χ2n) is 7.32. The highest BCUT2D eigenvalue weighted by molar-refractivity contribution is 5.94. The van der Waals surface area contributed by atoms with Gasteiger partial charge in [-0.25, -0.2) is 9.37 Å². The predicted molar refractivity (Wildman–Crippen MR) is 103 cm³/mol. The van der Waals surface area contributed by atoms with E-state index in [-0.39, 0.29) is 23.8 Å². The maximum Gasteiger partial charge on any atom is 0.272 e. The van der Waals surface area contributed by atoms with Gasteiger partial charge in [-0.3, -0.25) is 9.69 Å². The fourth-order valence-corrected chi connectivity index (χ4v) is 3.73. The number of benzene rings is 1. The average Bonchev–Trinajstić information content (AvgIpc) is 3.13. The van der Waals surface area contributed by atoms with E-state index in [1.165, 1.54) is 12.1 Å². The van der Waals surface area contributed by atoms with Crippen molar-refractivity contribution < 1.29 is 9.18 Å². The monoisotopic (exact) mass is 366 g/mol. The Hall–Kier alpha value is -2.73. The van der Waals surface area contributed by atoms with Gasteiger partial charge in [0.15, 0.2) is 0 Å². The van der Waals surface area contributed by atoms with Gasteiger partial charge in [-0.15, -0.1) is 0 Å². The fraction of sp³-hybridized carbons (Fsp3) is 0.333. The van der Waals surface area contributed by atoms with Gasteiger partial charge in [-0.1, -0.05) is 12.1 Å². The largest absolute Gasteiger partial charge is 0.360 e. The van der Waals surface area contributed by atoms with Crippen molar-refractivity contribution in [3.05, 3.63) is 65.7 Å². The van der Waals surface area contributed by atoms with Crippen LogP contribution in [0.25, 0.3) is 11.0 Å². The maximum absolute atomic E-state index is 13.1. The maximum atomic E-state index is 13.1. The minimum atomic E-state index is -0.220. The Morgan fingerprint density at radius 2 is 1.89 bits per heavy atom. The number of fused-ring (bicyclic) bond motifs is 1. The van der Waals surface area contributed by atoms with Gasteiger partial charge in [0.25, 0.3) is 5.91 Å². The molecule has 1 N–H and O–H groups in total. The summed E-state index contributed by atoms with van der Waals surface area (Å²) < 4.78 is 13.1. The van der Waals surface area contributed by atoms with Gasteiger partial charge < -0.3 is 9.88 Å². The van der Waals surface area contributed by atoms with Crippen molar-refractivity contribution in [3.8, 4) is 0 Å². The molecule has 1 aromatic carbocycles. The summed E-state index contributed by atoms with van der Waals surface area (Å²) in [6.07, 6.45) is 1.82. The van der Waals surface area contributed by atoms with E-state index in [1.807, 2.05) is 35.4 Å². The number of aromatic amines is 1.